The number of aromatic nitrogens is 7. The fourth-order valence-corrected chi connectivity index (χ4v) is 3.42. The van der Waals surface area contributed by atoms with Crippen LogP contribution >= 0.6 is 0 Å². The van der Waals surface area contributed by atoms with Crippen molar-refractivity contribution in [2.24, 2.45) is 7.05 Å². The van der Waals surface area contributed by atoms with E-state index in [9.17, 15) is 5.11 Å². The molecule has 1 aliphatic rings. The van der Waals surface area contributed by atoms with Gasteiger partial charge >= 0.3 is 0 Å². The number of aliphatic hydroxyl groups is 1. The molecule has 0 bridgehead atoms. The Kier molecular flexibility index (Phi) is 4.15. The van der Waals surface area contributed by atoms with Crippen molar-refractivity contribution in [3.05, 3.63) is 42.0 Å². The molecule has 9 heteroatoms. The highest BCUT2D eigenvalue weighted by Gasteiger charge is 2.36. The van der Waals surface area contributed by atoms with Crippen LogP contribution in [-0.4, -0.2) is 58.8 Å². The van der Waals surface area contributed by atoms with Crippen LogP contribution in [0.2, 0.25) is 0 Å². The summed E-state index contributed by atoms with van der Waals surface area (Å²) in [5, 5.41) is 31.3. The number of hydrogen-bond donors (Lipinski definition) is 1. The van der Waals surface area contributed by atoms with E-state index in [1.807, 2.05) is 47.7 Å². The van der Waals surface area contributed by atoms with E-state index in [-0.39, 0.29) is 0 Å². The molecule has 1 aromatic carbocycles. The summed E-state index contributed by atoms with van der Waals surface area (Å²) in [6.07, 6.45) is 3.67. The van der Waals surface area contributed by atoms with Crippen LogP contribution in [0.25, 0.3) is 5.69 Å². The fourth-order valence-electron chi connectivity index (χ4n) is 3.42. The minimum absolute atomic E-state index is 0.450. The summed E-state index contributed by atoms with van der Waals surface area (Å²) in [6.45, 7) is 3.29. The van der Waals surface area contributed by atoms with Crippen LogP contribution in [0.1, 0.15) is 24.2 Å². The van der Waals surface area contributed by atoms with Crippen molar-refractivity contribution in [2.45, 2.75) is 31.8 Å². The molecule has 4 rings (SSSR count). The molecule has 3 aromatic rings. The normalized spacial score (nSPS) is 20.5. The van der Waals surface area contributed by atoms with Crippen molar-refractivity contribution in [3.8, 4) is 5.69 Å². The first-order valence-corrected chi connectivity index (χ1v) is 8.70. The van der Waals surface area contributed by atoms with Gasteiger partial charge in [-0.2, -0.15) is 4.68 Å². The molecule has 136 valence electrons. The maximum absolute atomic E-state index is 11.1. The molecule has 3 heterocycles. The van der Waals surface area contributed by atoms with Crippen molar-refractivity contribution < 1.29 is 5.11 Å². The molecular weight excluding hydrogens is 332 g/mol. The van der Waals surface area contributed by atoms with Crippen LogP contribution in [0.3, 0.4) is 0 Å². The Hall–Kier alpha value is -2.81. The summed E-state index contributed by atoms with van der Waals surface area (Å²) in [5.74, 6) is 1.41. The molecule has 1 saturated heterocycles. The molecule has 2 aromatic heterocycles. The molecule has 1 aliphatic heterocycles. The second kappa shape index (κ2) is 6.49. The molecule has 0 aliphatic carbocycles. The molecule has 0 amide bonds. The third-order valence-electron chi connectivity index (χ3n) is 4.86. The van der Waals surface area contributed by atoms with Crippen molar-refractivity contribution in [1.29, 1.82) is 0 Å². The van der Waals surface area contributed by atoms with Crippen molar-refractivity contribution in [3.63, 3.8) is 0 Å². The number of rotatable bonds is 4. The van der Waals surface area contributed by atoms with Crippen LogP contribution < -0.4 is 4.90 Å². The highest BCUT2D eigenvalue weighted by atomic mass is 16.3. The first-order chi connectivity index (χ1) is 12.5. The van der Waals surface area contributed by atoms with E-state index >= 15 is 0 Å². The summed E-state index contributed by atoms with van der Waals surface area (Å²) in [7, 11) is 1.89. The standard InChI is InChI=1S/C17H22N8O/c1-13-4-6-14(7-5-13)25-16(20-21-22-25)24-9-3-8-17(26,11-24)10-15-19-18-12-23(15)2/h4-7,12,26H,3,8-11H2,1-2H3. The largest absolute Gasteiger partial charge is 0.388 e. The van der Waals surface area contributed by atoms with E-state index in [0.717, 1.165) is 24.5 Å². The summed E-state index contributed by atoms with van der Waals surface area (Å²) < 4.78 is 3.56. The highest BCUT2D eigenvalue weighted by molar-refractivity contribution is 5.42. The van der Waals surface area contributed by atoms with Gasteiger partial charge in [0, 0.05) is 20.0 Å². The Morgan fingerprint density at radius 3 is 2.73 bits per heavy atom. The lowest BCUT2D eigenvalue weighted by atomic mass is 9.89. The summed E-state index contributed by atoms with van der Waals surface area (Å²) in [6, 6.07) is 8.04. The maximum atomic E-state index is 11.1. The Labute approximate surface area is 151 Å². The van der Waals surface area contributed by atoms with Gasteiger partial charge in [0.25, 0.3) is 0 Å². The predicted octanol–water partition coefficient (Wildman–Crippen LogP) is 0.673. The minimum Gasteiger partial charge on any atom is -0.388 e. The monoisotopic (exact) mass is 354 g/mol. The molecule has 1 atom stereocenters. The van der Waals surface area contributed by atoms with Gasteiger partial charge in [-0.3, -0.25) is 0 Å². The zero-order valence-corrected chi connectivity index (χ0v) is 14.9. The molecule has 1 fully saturated rings. The van der Waals surface area contributed by atoms with Gasteiger partial charge in [-0.25, -0.2) is 0 Å². The van der Waals surface area contributed by atoms with Gasteiger partial charge in [0.05, 0.1) is 17.8 Å². The molecule has 1 unspecified atom stereocenters. The fraction of sp³-hybridized carbons (Fsp3) is 0.471. The first-order valence-electron chi connectivity index (χ1n) is 8.70. The predicted molar refractivity (Wildman–Crippen MR) is 95.0 cm³/mol. The van der Waals surface area contributed by atoms with Crippen LogP contribution in [0.4, 0.5) is 5.95 Å². The third kappa shape index (κ3) is 3.17. The minimum atomic E-state index is -0.886. The van der Waals surface area contributed by atoms with Crippen molar-refractivity contribution >= 4 is 5.95 Å². The van der Waals surface area contributed by atoms with Gasteiger partial charge in [-0.1, -0.05) is 22.8 Å². The van der Waals surface area contributed by atoms with Gasteiger partial charge in [0.15, 0.2) is 0 Å². The number of benzene rings is 1. The number of nitrogens with zero attached hydrogens (tertiary/aromatic N) is 8. The highest BCUT2D eigenvalue weighted by Crippen LogP contribution is 2.28. The Morgan fingerprint density at radius 1 is 1.19 bits per heavy atom. The molecule has 9 nitrogen and oxygen atoms in total. The average molecular weight is 354 g/mol. The van der Waals surface area contributed by atoms with Gasteiger partial charge in [-0.05, 0) is 42.3 Å². The van der Waals surface area contributed by atoms with Crippen LogP contribution in [0, 0.1) is 6.92 Å². The van der Waals surface area contributed by atoms with Gasteiger partial charge in [0.2, 0.25) is 5.95 Å². The zero-order valence-electron chi connectivity index (χ0n) is 14.9. The number of hydrogen-bond acceptors (Lipinski definition) is 7. The molecule has 0 spiro atoms. The molecule has 0 saturated carbocycles. The first kappa shape index (κ1) is 16.6. The SMILES string of the molecule is Cc1ccc(-n2nnnc2N2CCCC(O)(Cc3nncn3C)C2)cc1. The van der Waals surface area contributed by atoms with Gasteiger partial charge in [0.1, 0.15) is 12.2 Å². The summed E-state index contributed by atoms with van der Waals surface area (Å²) in [4.78, 5) is 2.04. The number of piperidine rings is 1. The lowest BCUT2D eigenvalue weighted by molar-refractivity contribution is 0.0233. The van der Waals surface area contributed by atoms with Crippen LogP contribution in [-0.2, 0) is 13.5 Å². The van der Waals surface area contributed by atoms with Crippen molar-refractivity contribution in [1.82, 2.24) is 35.0 Å². The average Bonchev–Trinajstić information content (AvgIpc) is 3.25. The number of tetrazole rings is 1. The van der Waals surface area contributed by atoms with Crippen molar-refractivity contribution in [2.75, 3.05) is 18.0 Å². The van der Waals surface area contributed by atoms with Gasteiger partial charge in [-0.15, -0.1) is 10.2 Å². The van der Waals surface area contributed by atoms with Crippen LogP contribution in [0.15, 0.2) is 30.6 Å². The topological polar surface area (TPSA) is 97.8 Å². The Balaban J connectivity index is 1.58. The van der Waals surface area contributed by atoms with E-state index in [1.54, 1.807) is 11.0 Å². The smallest absolute Gasteiger partial charge is 0.250 e. The number of anilines is 1. The Morgan fingerprint density at radius 2 is 2.00 bits per heavy atom. The molecular formula is C17H22N8O. The summed E-state index contributed by atoms with van der Waals surface area (Å²) in [5.41, 5.74) is 1.20. The Bertz CT molecular complexity index is 886. The van der Waals surface area contributed by atoms with E-state index in [4.69, 9.17) is 0 Å². The van der Waals surface area contributed by atoms with E-state index in [1.165, 1.54) is 5.56 Å². The summed E-state index contributed by atoms with van der Waals surface area (Å²) >= 11 is 0. The van der Waals surface area contributed by atoms with E-state index < -0.39 is 5.60 Å². The quantitative estimate of drug-likeness (QED) is 0.735. The number of β-amino-alcohol motifs (C(OH)–C–C–N with tert-alkyl or cyclic N) is 1. The van der Waals surface area contributed by atoms with E-state index in [0.29, 0.717) is 25.3 Å². The molecule has 1 N–H and O–H groups in total. The lowest BCUT2D eigenvalue weighted by Crippen LogP contribution is -2.50. The lowest BCUT2D eigenvalue weighted by Gasteiger charge is -2.39. The maximum Gasteiger partial charge on any atom is 0.250 e. The zero-order chi connectivity index (χ0) is 18.1. The van der Waals surface area contributed by atoms with E-state index in [2.05, 4.69) is 25.7 Å². The third-order valence-corrected chi connectivity index (χ3v) is 4.86. The molecule has 26 heavy (non-hydrogen) atoms. The second-order valence-corrected chi connectivity index (χ2v) is 7.01. The number of aryl methyl sites for hydroxylation is 2. The van der Waals surface area contributed by atoms with Crippen LogP contribution in [0.5, 0.6) is 0 Å². The second-order valence-electron chi connectivity index (χ2n) is 7.01. The molecule has 0 radical (unpaired) electrons. The van der Waals surface area contributed by atoms with Gasteiger partial charge < -0.3 is 14.6 Å².